The fourth-order valence-electron chi connectivity index (χ4n) is 1.59. The Labute approximate surface area is 106 Å². The van der Waals surface area contributed by atoms with Crippen LogP contribution < -0.4 is 11.1 Å². The molecule has 0 radical (unpaired) electrons. The van der Waals surface area contributed by atoms with E-state index in [1.54, 1.807) is 6.08 Å². The number of nitrogens with two attached hydrogens (primary N) is 1. The number of benzene rings is 1. The van der Waals surface area contributed by atoms with Crippen LogP contribution in [0, 0.1) is 0 Å². The molecule has 92 valence electrons. The molecule has 0 bridgehead atoms. The van der Waals surface area contributed by atoms with E-state index in [1.807, 2.05) is 36.4 Å². The van der Waals surface area contributed by atoms with Gasteiger partial charge in [0.05, 0.1) is 11.2 Å². The number of rotatable bonds is 4. The summed E-state index contributed by atoms with van der Waals surface area (Å²) in [5.74, 6) is -0.157. The van der Waals surface area contributed by atoms with Crippen LogP contribution in [-0.2, 0) is 4.79 Å². The monoisotopic (exact) mass is 241 g/mol. The number of hydrogen-bond acceptors (Lipinski definition) is 3. The van der Waals surface area contributed by atoms with Crippen molar-refractivity contribution in [3.05, 3.63) is 48.2 Å². The Balaban J connectivity index is 2.12. The van der Waals surface area contributed by atoms with Crippen molar-refractivity contribution in [1.82, 2.24) is 10.3 Å². The minimum absolute atomic E-state index is 0.157. The molecule has 2 rings (SSSR count). The molecule has 1 amide bonds. The summed E-state index contributed by atoms with van der Waals surface area (Å²) in [6.45, 7) is 0.919. The second kappa shape index (κ2) is 5.93. The number of pyridine rings is 1. The predicted octanol–water partition coefficient (Wildman–Crippen LogP) is 1.32. The highest BCUT2D eigenvalue weighted by Gasteiger charge is 1.96. The van der Waals surface area contributed by atoms with E-state index in [0.29, 0.717) is 13.1 Å². The van der Waals surface area contributed by atoms with Crippen LogP contribution in [-0.4, -0.2) is 24.0 Å². The molecule has 1 aromatic carbocycles. The van der Waals surface area contributed by atoms with Gasteiger partial charge in [-0.05, 0) is 18.2 Å². The van der Waals surface area contributed by atoms with Gasteiger partial charge in [0.15, 0.2) is 0 Å². The third-order valence-electron chi connectivity index (χ3n) is 2.47. The number of amides is 1. The number of para-hydroxylation sites is 1. The Kier molecular flexibility index (Phi) is 4.04. The number of carbonyl (C=O) groups is 1. The predicted molar refractivity (Wildman–Crippen MR) is 72.8 cm³/mol. The van der Waals surface area contributed by atoms with Crippen molar-refractivity contribution in [1.29, 1.82) is 0 Å². The quantitative estimate of drug-likeness (QED) is 0.793. The molecule has 1 aromatic heterocycles. The summed E-state index contributed by atoms with van der Waals surface area (Å²) in [5, 5.41) is 3.75. The van der Waals surface area contributed by atoms with Crippen LogP contribution in [0.1, 0.15) is 5.69 Å². The van der Waals surface area contributed by atoms with Gasteiger partial charge in [0.2, 0.25) is 5.91 Å². The molecule has 1 heterocycles. The zero-order valence-corrected chi connectivity index (χ0v) is 9.97. The van der Waals surface area contributed by atoms with Crippen molar-refractivity contribution < 1.29 is 4.79 Å². The number of fused-ring (bicyclic) bond motifs is 1. The highest BCUT2D eigenvalue weighted by Crippen LogP contribution is 2.12. The summed E-state index contributed by atoms with van der Waals surface area (Å²) < 4.78 is 0. The molecule has 0 saturated carbocycles. The molecule has 0 aliphatic rings. The van der Waals surface area contributed by atoms with E-state index in [1.165, 1.54) is 6.08 Å². The van der Waals surface area contributed by atoms with E-state index in [9.17, 15) is 4.79 Å². The second-order valence-electron chi connectivity index (χ2n) is 3.84. The number of nitrogens with zero attached hydrogens (tertiary/aromatic N) is 1. The first kappa shape index (κ1) is 12.3. The van der Waals surface area contributed by atoms with Gasteiger partial charge in [0, 0.05) is 24.6 Å². The molecular weight excluding hydrogens is 226 g/mol. The maximum Gasteiger partial charge on any atom is 0.244 e. The van der Waals surface area contributed by atoms with Crippen molar-refractivity contribution in [3.63, 3.8) is 0 Å². The lowest BCUT2D eigenvalue weighted by Crippen LogP contribution is -2.27. The molecule has 0 fully saturated rings. The SMILES string of the molecule is NCCNC(=O)/C=C/c1ccc2ccccc2n1. The van der Waals surface area contributed by atoms with Crippen LogP contribution >= 0.6 is 0 Å². The Morgan fingerprint density at radius 3 is 2.94 bits per heavy atom. The molecular formula is C14H15N3O. The zero-order chi connectivity index (χ0) is 12.8. The average molecular weight is 241 g/mol. The van der Waals surface area contributed by atoms with Gasteiger partial charge in [-0.15, -0.1) is 0 Å². The van der Waals surface area contributed by atoms with Crippen molar-refractivity contribution >= 4 is 22.9 Å². The van der Waals surface area contributed by atoms with E-state index >= 15 is 0 Å². The van der Waals surface area contributed by atoms with E-state index in [2.05, 4.69) is 10.3 Å². The molecule has 3 N–H and O–H groups in total. The number of aromatic nitrogens is 1. The Morgan fingerprint density at radius 2 is 2.11 bits per heavy atom. The van der Waals surface area contributed by atoms with Crippen LogP contribution in [0.2, 0.25) is 0 Å². The molecule has 2 aromatic rings. The third-order valence-corrected chi connectivity index (χ3v) is 2.47. The minimum atomic E-state index is -0.157. The lowest BCUT2D eigenvalue weighted by Gasteiger charge is -1.99. The Morgan fingerprint density at radius 1 is 1.28 bits per heavy atom. The fourth-order valence-corrected chi connectivity index (χ4v) is 1.59. The first-order valence-electron chi connectivity index (χ1n) is 5.81. The van der Waals surface area contributed by atoms with Gasteiger partial charge < -0.3 is 11.1 Å². The summed E-state index contributed by atoms with van der Waals surface area (Å²) in [7, 11) is 0. The third kappa shape index (κ3) is 3.15. The zero-order valence-electron chi connectivity index (χ0n) is 9.97. The minimum Gasteiger partial charge on any atom is -0.351 e. The van der Waals surface area contributed by atoms with Gasteiger partial charge in [-0.2, -0.15) is 0 Å². The lowest BCUT2D eigenvalue weighted by atomic mass is 10.2. The van der Waals surface area contributed by atoms with E-state index in [-0.39, 0.29) is 5.91 Å². The second-order valence-corrected chi connectivity index (χ2v) is 3.84. The van der Waals surface area contributed by atoms with Crippen LogP contribution in [0.5, 0.6) is 0 Å². The van der Waals surface area contributed by atoms with Crippen molar-refractivity contribution in [2.75, 3.05) is 13.1 Å². The molecule has 18 heavy (non-hydrogen) atoms. The first-order chi connectivity index (χ1) is 8.79. The normalized spacial score (nSPS) is 10.9. The van der Waals surface area contributed by atoms with Crippen molar-refractivity contribution in [2.45, 2.75) is 0 Å². The van der Waals surface area contributed by atoms with Crippen LogP contribution in [0.4, 0.5) is 0 Å². The number of hydrogen-bond donors (Lipinski definition) is 2. The number of carbonyl (C=O) groups excluding carboxylic acids is 1. The maximum absolute atomic E-state index is 11.4. The van der Waals surface area contributed by atoms with Gasteiger partial charge in [-0.25, -0.2) is 4.98 Å². The fraction of sp³-hybridized carbons (Fsp3) is 0.143. The van der Waals surface area contributed by atoms with E-state index in [4.69, 9.17) is 5.73 Å². The number of nitrogens with one attached hydrogen (secondary N) is 1. The van der Waals surface area contributed by atoms with Crippen molar-refractivity contribution in [2.24, 2.45) is 5.73 Å². The van der Waals surface area contributed by atoms with Gasteiger partial charge in [-0.3, -0.25) is 4.79 Å². The molecule has 0 spiro atoms. The van der Waals surface area contributed by atoms with Gasteiger partial charge in [0.25, 0.3) is 0 Å². The first-order valence-corrected chi connectivity index (χ1v) is 5.81. The van der Waals surface area contributed by atoms with Crippen molar-refractivity contribution in [3.8, 4) is 0 Å². The molecule has 0 aliphatic carbocycles. The molecule has 4 nitrogen and oxygen atoms in total. The average Bonchev–Trinajstić information content (AvgIpc) is 2.42. The summed E-state index contributed by atoms with van der Waals surface area (Å²) in [5.41, 5.74) is 6.97. The summed E-state index contributed by atoms with van der Waals surface area (Å²) >= 11 is 0. The summed E-state index contributed by atoms with van der Waals surface area (Å²) in [6, 6.07) is 11.7. The highest BCUT2D eigenvalue weighted by molar-refractivity contribution is 5.91. The standard InChI is InChI=1S/C14H15N3O/c15-9-10-16-14(18)8-7-12-6-5-11-3-1-2-4-13(11)17-12/h1-8H,9-10,15H2,(H,16,18)/b8-7+. The largest absolute Gasteiger partial charge is 0.351 e. The van der Waals surface area contributed by atoms with Gasteiger partial charge in [-0.1, -0.05) is 24.3 Å². The van der Waals surface area contributed by atoms with Gasteiger partial charge in [0.1, 0.15) is 0 Å². The smallest absolute Gasteiger partial charge is 0.244 e. The highest BCUT2D eigenvalue weighted by atomic mass is 16.1. The van der Waals surface area contributed by atoms with Crippen LogP contribution in [0.15, 0.2) is 42.5 Å². The molecule has 0 saturated heterocycles. The maximum atomic E-state index is 11.4. The summed E-state index contributed by atoms with van der Waals surface area (Å²) in [4.78, 5) is 15.8. The Hall–Kier alpha value is -2.20. The molecule has 0 unspecified atom stereocenters. The molecule has 0 aliphatic heterocycles. The van der Waals surface area contributed by atoms with Gasteiger partial charge >= 0.3 is 0 Å². The van der Waals surface area contributed by atoms with E-state index < -0.39 is 0 Å². The molecule has 4 heteroatoms. The van der Waals surface area contributed by atoms with E-state index in [0.717, 1.165) is 16.6 Å². The summed E-state index contributed by atoms with van der Waals surface area (Å²) in [6.07, 6.45) is 3.16. The lowest BCUT2D eigenvalue weighted by molar-refractivity contribution is -0.116. The topological polar surface area (TPSA) is 68.0 Å². The van der Waals surface area contributed by atoms with Crippen LogP contribution in [0.25, 0.3) is 17.0 Å². The van der Waals surface area contributed by atoms with Crippen LogP contribution in [0.3, 0.4) is 0 Å². The Bertz CT molecular complexity index is 578. The molecule has 0 atom stereocenters.